The third kappa shape index (κ3) is 12.0. The lowest BCUT2D eigenvalue weighted by Crippen LogP contribution is -2.44. The number of likely N-dealkylation sites (tertiary alicyclic amines) is 2. The van der Waals surface area contributed by atoms with Crippen LogP contribution in [0.5, 0.6) is 0 Å². The molecule has 1 N–H and O–H groups in total. The number of aromatic nitrogens is 3. The summed E-state index contributed by atoms with van der Waals surface area (Å²) in [6.45, 7) is 5.82. The standard InChI is InChI=1S/C23H25F5N4O3.C11H17F2NO4/c1-21(2,3)35-20(34)32-12-22(25,11-24)9-17(32)18(33)6-5-15-8-16(31-13-30-15)14-4-7-19(29-10-14)23(26,27)28;1-10(2,3)18-9(17)14-6-11(13,5-12)4-7(14)8(15)16/h4,7-8,10,13,17H,5-6,9,11-12H2,1-3H3;7H,4-6H2,1-3H3,(H,15,16)/t17-,22?;7-,11?/m00/s1. The Morgan fingerprint density at radius 1 is 0.830 bits per heavy atom. The highest BCUT2D eigenvalue weighted by atomic mass is 19.4. The average Bonchev–Trinajstić information content (AvgIpc) is 3.61. The first-order valence-electron chi connectivity index (χ1n) is 16.4. The molecule has 2 saturated heterocycles. The van der Waals surface area contributed by atoms with Gasteiger partial charge < -0.3 is 14.6 Å². The van der Waals surface area contributed by atoms with Gasteiger partial charge in [0.2, 0.25) is 0 Å². The van der Waals surface area contributed by atoms with Crippen molar-refractivity contribution in [1.82, 2.24) is 24.8 Å². The number of alkyl halides is 7. The van der Waals surface area contributed by atoms with Gasteiger partial charge in [-0.05, 0) is 66.2 Å². The molecule has 2 unspecified atom stereocenters. The normalized spacial score (nSPS) is 23.3. The Balaban J connectivity index is 0.000000353. The first-order valence-corrected chi connectivity index (χ1v) is 16.4. The smallest absolute Gasteiger partial charge is 0.433 e. The lowest BCUT2D eigenvalue weighted by molar-refractivity contribution is -0.142. The van der Waals surface area contributed by atoms with Crippen LogP contribution in [0.15, 0.2) is 30.7 Å². The molecule has 2 amide bonds. The molecular formula is C34H42F7N5O7. The molecule has 0 aliphatic carbocycles. The van der Waals surface area contributed by atoms with Gasteiger partial charge in [-0.25, -0.2) is 41.9 Å². The van der Waals surface area contributed by atoms with Crippen LogP contribution in [0.25, 0.3) is 11.3 Å². The zero-order chi connectivity index (χ0) is 40.2. The number of carboxylic acid groups (broad SMARTS) is 1. The van der Waals surface area contributed by atoms with Crippen LogP contribution < -0.4 is 0 Å². The molecule has 53 heavy (non-hydrogen) atoms. The molecule has 2 aromatic rings. The summed E-state index contributed by atoms with van der Waals surface area (Å²) in [7, 11) is 0. The van der Waals surface area contributed by atoms with E-state index in [9.17, 15) is 49.9 Å². The van der Waals surface area contributed by atoms with Crippen molar-refractivity contribution in [2.75, 3.05) is 26.4 Å². The van der Waals surface area contributed by atoms with E-state index < -0.39 is 110 Å². The Kier molecular flexibility index (Phi) is 13.1. The fourth-order valence-corrected chi connectivity index (χ4v) is 5.42. The fraction of sp³-hybridized carbons (Fsp3) is 0.618. The molecule has 4 rings (SSSR count). The maximum atomic E-state index is 14.7. The molecule has 4 heterocycles. The summed E-state index contributed by atoms with van der Waals surface area (Å²) in [5.74, 6) is -1.85. The highest BCUT2D eigenvalue weighted by molar-refractivity contribution is 5.88. The Labute approximate surface area is 301 Å². The number of pyridine rings is 1. The second kappa shape index (κ2) is 16.2. The van der Waals surface area contributed by atoms with Crippen molar-refractivity contribution in [3.05, 3.63) is 42.1 Å². The van der Waals surface area contributed by atoms with Crippen molar-refractivity contribution in [1.29, 1.82) is 0 Å². The summed E-state index contributed by atoms with van der Waals surface area (Å²) < 4.78 is 103. The van der Waals surface area contributed by atoms with Crippen molar-refractivity contribution in [2.45, 2.75) is 108 Å². The maximum Gasteiger partial charge on any atom is 0.433 e. The van der Waals surface area contributed by atoms with Crippen LogP contribution in [-0.2, 0) is 31.7 Å². The summed E-state index contributed by atoms with van der Waals surface area (Å²) in [5.41, 5.74) is -6.35. The van der Waals surface area contributed by atoms with Gasteiger partial charge in [0.25, 0.3) is 0 Å². The topological polar surface area (TPSA) is 152 Å². The van der Waals surface area contributed by atoms with Crippen LogP contribution in [0, 0.1) is 0 Å². The first kappa shape index (κ1) is 42.8. The van der Waals surface area contributed by atoms with E-state index in [1.54, 1.807) is 41.5 Å². The van der Waals surface area contributed by atoms with Crippen LogP contribution in [0.3, 0.4) is 0 Å². The molecule has 19 heteroatoms. The van der Waals surface area contributed by atoms with E-state index in [1.165, 1.54) is 18.5 Å². The van der Waals surface area contributed by atoms with E-state index >= 15 is 0 Å². The number of ether oxygens (including phenoxy) is 2. The number of halogens is 7. The van der Waals surface area contributed by atoms with Gasteiger partial charge in [0.05, 0.1) is 24.8 Å². The summed E-state index contributed by atoms with van der Waals surface area (Å²) in [4.78, 5) is 61.2. The molecular weight excluding hydrogens is 723 g/mol. The van der Waals surface area contributed by atoms with Gasteiger partial charge in [-0.1, -0.05) is 0 Å². The van der Waals surface area contributed by atoms with E-state index in [4.69, 9.17) is 14.6 Å². The second-order valence-corrected chi connectivity index (χ2v) is 14.9. The molecule has 2 aliphatic rings. The number of amides is 2. The Morgan fingerprint density at radius 2 is 1.34 bits per heavy atom. The van der Waals surface area contributed by atoms with Crippen LogP contribution in [0.2, 0.25) is 0 Å². The van der Waals surface area contributed by atoms with Gasteiger partial charge in [-0.2, -0.15) is 13.2 Å². The summed E-state index contributed by atoms with van der Waals surface area (Å²) >= 11 is 0. The van der Waals surface area contributed by atoms with Gasteiger partial charge in [0.15, 0.2) is 17.1 Å². The fourth-order valence-electron chi connectivity index (χ4n) is 5.42. The molecule has 0 bridgehead atoms. The number of carboxylic acids is 1. The molecule has 0 saturated carbocycles. The second-order valence-electron chi connectivity index (χ2n) is 14.9. The minimum atomic E-state index is -4.57. The van der Waals surface area contributed by atoms with Crippen molar-refractivity contribution in [3.8, 4) is 11.3 Å². The number of hydrogen-bond acceptors (Lipinski definition) is 9. The number of ketones is 1. The van der Waals surface area contributed by atoms with Crippen LogP contribution in [0.1, 0.15) is 72.2 Å². The number of Topliss-reactive ketones (excluding diaryl/α,β-unsaturated/α-hetero) is 1. The number of aliphatic carboxylic acids is 1. The monoisotopic (exact) mass is 765 g/mol. The number of hydrogen-bond donors (Lipinski definition) is 1. The number of carbonyl (C=O) groups is 4. The van der Waals surface area contributed by atoms with E-state index in [2.05, 4.69) is 15.0 Å². The third-order valence-corrected chi connectivity index (χ3v) is 7.87. The lowest BCUT2D eigenvalue weighted by Gasteiger charge is -2.27. The SMILES string of the molecule is CC(C)(C)OC(=O)N1CC(F)(CF)C[C@H]1C(=O)CCc1cc(-c2ccc(C(F)(F)F)nc2)ncn1.CC(C)(C)OC(=O)N1CC(F)(CF)C[C@H]1C(=O)O. The molecule has 2 aromatic heterocycles. The predicted octanol–water partition coefficient (Wildman–Crippen LogP) is 6.50. The lowest BCUT2D eigenvalue weighted by atomic mass is 9.98. The average molecular weight is 766 g/mol. The van der Waals surface area contributed by atoms with Crippen molar-refractivity contribution >= 4 is 23.9 Å². The zero-order valence-corrected chi connectivity index (χ0v) is 30.0. The molecule has 0 aromatic carbocycles. The van der Waals surface area contributed by atoms with E-state index in [0.29, 0.717) is 17.0 Å². The third-order valence-electron chi connectivity index (χ3n) is 7.87. The van der Waals surface area contributed by atoms with Crippen LogP contribution >= 0.6 is 0 Å². The number of rotatable bonds is 8. The number of carbonyl (C=O) groups excluding carboxylic acids is 3. The largest absolute Gasteiger partial charge is 0.480 e. The molecule has 0 spiro atoms. The van der Waals surface area contributed by atoms with Crippen LogP contribution in [0.4, 0.5) is 40.3 Å². The molecule has 2 fully saturated rings. The first-order chi connectivity index (χ1) is 24.3. The molecule has 2 aliphatic heterocycles. The zero-order valence-electron chi connectivity index (χ0n) is 30.0. The van der Waals surface area contributed by atoms with Gasteiger partial charge in [-0.3, -0.25) is 19.6 Å². The summed E-state index contributed by atoms with van der Waals surface area (Å²) in [6, 6.07) is 0.979. The maximum absolute atomic E-state index is 14.7. The summed E-state index contributed by atoms with van der Waals surface area (Å²) in [5, 5.41) is 8.92. The van der Waals surface area contributed by atoms with Crippen molar-refractivity contribution < 1.29 is 64.5 Å². The minimum absolute atomic E-state index is 0.0932. The predicted molar refractivity (Wildman–Crippen MR) is 174 cm³/mol. The van der Waals surface area contributed by atoms with E-state index in [1.807, 2.05) is 0 Å². The highest BCUT2D eigenvalue weighted by Gasteiger charge is 2.52. The van der Waals surface area contributed by atoms with E-state index in [0.717, 1.165) is 22.1 Å². The quantitative estimate of drug-likeness (QED) is 0.295. The number of aryl methyl sites for hydroxylation is 1. The highest BCUT2D eigenvalue weighted by Crippen LogP contribution is 2.35. The van der Waals surface area contributed by atoms with E-state index in [-0.39, 0.29) is 12.8 Å². The number of nitrogens with zero attached hydrogens (tertiary/aromatic N) is 5. The van der Waals surface area contributed by atoms with Crippen LogP contribution in [-0.4, -0.2) is 115 Å². The Morgan fingerprint density at radius 3 is 1.77 bits per heavy atom. The van der Waals surface area contributed by atoms with Gasteiger partial charge >= 0.3 is 24.3 Å². The Bertz CT molecular complexity index is 1630. The van der Waals surface area contributed by atoms with Gasteiger partial charge in [0, 0.05) is 36.7 Å². The molecule has 12 nitrogen and oxygen atoms in total. The molecule has 0 radical (unpaired) electrons. The van der Waals surface area contributed by atoms with Crippen molar-refractivity contribution in [2.24, 2.45) is 0 Å². The van der Waals surface area contributed by atoms with Crippen molar-refractivity contribution in [3.63, 3.8) is 0 Å². The summed E-state index contributed by atoms with van der Waals surface area (Å²) in [6.07, 6.45) is -5.25. The Hall–Kier alpha value is -4.58. The molecule has 294 valence electrons. The van der Waals surface area contributed by atoms with Gasteiger partial charge in [-0.15, -0.1) is 0 Å². The molecule has 4 atom stereocenters. The van der Waals surface area contributed by atoms with Gasteiger partial charge in [0.1, 0.15) is 42.6 Å². The minimum Gasteiger partial charge on any atom is -0.480 e.